The number of carbonyl (C=O) groups excluding carboxylic acids is 1. The summed E-state index contributed by atoms with van der Waals surface area (Å²) in [6.07, 6.45) is 4.93. The van der Waals surface area contributed by atoms with Crippen LogP contribution in [-0.2, 0) is 17.6 Å². The van der Waals surface area contributed by atoms with E-state index < -0.39 is 0 Å². The number of carbonyl (C=O) groups is 1. The van der Waals surface area contributed by atoms with Gasteiger partial charge in [0.05, 0.1) is 10.8 Å². The summed E-state index contributed by atoms with van der Waals surface area (Å²) in [5.74, 6) is 0.586. The number of amides is 1. The predicted octanol–water partition coefficient (Wildman–Crippen LogP) is 4.87. The van der Waals surface area contributed by atoms with Gasteiger partial charge in [-0.2, -0.15) is 5.26 Å². The molecule has 3 aromatic heterocycles. The van der Waals surface area contributed by atoms with E-state index in [4.69, 9.17) is 5.26 Å². The average Bonchev–Trinajstić information content (AvgIpc) is 3.25. The first-order valence-corrected chi connectivity index (χ1v) is 11.3. The van der Waals surface area contributed by atoms with E-state index in [1.54, 1.807) is 29.1 Å². The quantitative estimate of drug-likeness (QED) is 0.487. The number of aromatic nitrogens is 2. The summed E-state index contributed by atoms with van der Waals surface area (Å²) in [5, 5.41) is 16.1. The second-order valence-corrected chi connectivity index (χ2v) is 10.1. The molecule has 138 valence electrons. The summed E-state index contributed by atoms with van der Waals surface area (Å²) < 4.78 is 0. The van der Waals surface area contributed by atoms with Crippen molar-refractivity contribution in [3.05, 3.63) is 33.8 Å². The normalized spacial score (nSPS) is 17.3. The molecule has 4 rings (SSSR count). The smallest absolute Gasteiger partial charge is 0.238 e. The number of nitrogens with one attached hydrogen (secondary N) is 1. The van der Waals surface area contributed by atoms with E-state index in [2.05, 4.69) is 28.3 Å². The molecule has 5 nitrogen and oxygen atoms in total. The highest BCUT2D eigenvalue weighted by molar-refractivity contribution is 8.00. The lowest BCUT2D eigenvalue weighted by molar-refractivity contribution is -0.115. The summed E-state index contributed by atoms with van der Waals surface area (Å²) in [5.41, 5.74) is 1.87. The van der Waals surface area contributed by atoms with E-state index in [1.165, 1.54) is 40.0 Å². The predicted molar refractivity (Wildman–Crippen MR) is 112 cm³/mol. The standard InChI is InChI=1S/C19H18N4OS3/c1-10-3-4-13-14(7-10)27-19-15(13)18(21-9-22-19)26-11(2)16(24)23-17-12(8-20)5-6-25-17/h5-6,9-11H,3-4,7H2,1-2H3,(H,23,24)/t10-,11+/m0/s1. The molecule has 0 fully saturated rings. The molecule has 0 unspecified atom stereocenters. The van der Waals surface area contributed by atoms with Gasteiger partial charge < -0.3 is 5.32 Å². The van der Waals surface area contributed by atoms with Gasteiger partial charge in [0.1, 0.15) is 27.3 Å². The molecule has 0 saturated heterocycles. The minimum Gasteiger partial charge on any atom is -0.316 e. The summed E-state index contributed by atoms with van der Waals surface area (Å²) >= 11 is 4.58. The number of nitrogens with zero attached hydrogens (tertiary/aromatic N) is 3. The van der Waals surface area contributed by atoms with Crippen molar-refractivity contribution >= 4 is 55.6 Å². The van der Waals surface area contributed by atoms with Crippen molar-refractivity contribution in [3.63, 3.8) is 0 Å². The Morgan fingerprint density at radius 2 is 2.33 bits per heavy atom. The first-order chi connectivity index (χ1) is 13.1. The maximum atomic E-state index is 12.6. The minimum atomic E-state index is -0.324. The van der Waals surface area contributed by atoms with Gasteiger partial charge in [-0.25, -0.2) is 9.97 Å². The van der Waals surface area contributed by atoms with Crippen LogP contribution < -0.4 is 5.32 Å². The number of anilines is 1. The summed E-state index contributed by atoms with van der Waals surface area (Å²) in [7, 11) is 0. The van der Waals surface area contributed by atoms with Crippen LogP contribution in [0.2, 0.25) is 0 Å². The molecule has 1 aliphatic carbocycles. The highest BCUT2D eigenvalue weighted by Crippen LogP contribution is 2.41. The molecular weight excluding hydrogens is 396 g/mol. The fourth-order valence-electron chi connectivity index (χ4n) is 3.26. The number of hydrogen-bond donors (Lipinski definition) is 1. The number of nitriles is 1. The van der Waals surface area contributed by atoms with Gasteiger partial charge in [0.15, 0.2) is 0 Å². The second-order valence-electron chi connectivity index (χ2n) is 6.74. The van der Waals surface area contributed by atoms with Gasteiger partial charge in [-0.1, -0.05) is 18.7 Å². The van der Waals surface area contributed by atoms with Crippen molar-refractivity contribution in [2.75, 3.05) is 5.32 Å². The number of aryl methyl sites for hydroxylation is 1. The Hall–Kier alpha value is -1.95. The zero-order chi connectivity index (χ0) is 19.0. The van der Waals surface area contributed by atoms with E-state index in [0.29, 0.717) is 16.5 Å². The maximum absolute atomic E-state index is 12.6. The van der Waals surface area contributed by atoms with Crippen LogP contribution in [0.3, 0.4) is 0 Å². The molecule has 0 aliphatic heterocycles. The van der Waals surface area contributed by atoms with E-state index in [0.717, 1.165) is 28.1 Å². The van der Waals surface area contributed by atoms with Crippen molar-refractivity contribution < 1.29 is 4.79 Å². The number of hydrogen-bond acceptors (Lipinski definition) is 7. The van der Waals surface area contributed by atoms with E-state index in [-0.39, 0.29) is 11.2 Å². The third-order valence-electron chi connectivity index (χ3n) is 4.74. The van der Waals surface area contributed by atoms with Crippen molar-refractivity contribution in [3.8, 4) is 6.07 Å². The van der Waals surface area contributed by atoms with Gasteiger partial charge in [0.25, 0.3) is 0 Å². The zero-order valence-electron chi connectivity index (χ0n) is 15.0. The first-order valence-electron chi connectivity index (χ1n) is 8.77. The highest BCUT2D eigenvalue weighted by Gasteiger charge is 2.25. The highest BCUT2D eigenvalue weighted by atomic mass is 32.2. The number of fused-ring (bicyclic) bond motifs is 3. The summed E-state index contributed by atoms with van der Waals surface area (Å²) in [6, 6.07) is 3.81. The molecule has 0 spiro atoms. The molecule has 1 amide bonds. The number of rotatable bonds is 4. The van der Waals surface area contributed by atoms with Gasteiger partial charge in [-0.15, -0.1) is 22.7 Å². The van der Waals surface area contributed by atoms with Crippen molar-refractivity contribution in [1.82, 2.24) is 9.97 Å². The van der Waals surface area contributed by atoms with Gasteiger partial charge in [-0.3, -0.25) is 4.79 Å². The SMILES string of the molecule is C[C@H]1CCc2c(sc3ncnc(S[C@H](C)C(=O)Nc4sccc4C#N)c23)C1. The molecular formula is C19H18N4OS3. The van der Waals surface area contributed by atoms with Crippen LogP contribution in [-0.4, -0.2) is 21.1 Å². The van der Waals surface area contributed by atoms with Crippen molar-refractivity contribution in [2.24, 2.45) is 5.92 Å². The van der Waals surface area contributed by atoms with Crippen LogP contribution in [0.25, 0.3) is 10.2 Å². The van der Waals surface area contributed by atoms with Gasteiger partial charge in [0, 0.05) is 10.3 Å². The van der Waals surface area contributed by atoms with Crippen LogP contribution in [0.4, 0.5) is 5.00 Å². The Labute approximate surface area is 169 Å². The molecule has 3 heterocycles. The van der Waals surface area contributed by atoms with Crippen LogP contribution in [0, 0.1) is 17.2 Å². The molecule has 1 N–H and O–H groups in total. The molecule has 27 heavy (non-hydrogen) atoms. The van der Waals surface area contributed by atoms with E-state index >= 15 is 0 Å². The molecule has 1 aliphatic rings. The van der Waals surface area contributed by atoms with Crippen LogP contribution in [0.1, 0.15) is 36.3 Å². The van der Waals surface area contributed by atoms with Gasteiger partial charge in [0.2, 0.25) is 5.91 Å². The molecule has 0 bridgehead atoms. The van der Waals surface area contributed by atoms with Crippen LogP contribution in [0.15, 0.2) is 22.8 Å². The summed E-state index contributed by atoms with van der Waals surface area (Å²) in [6.45, 7) is 4.16. The Bertz CT molecular complexity index is 1050. The maximum Gasteiger partial charge on any atom is 0.238 e. The third kappa shape index (κ3) is 3.59. The van der Waals surface area contributed by atoms with E-state index in [1.807, 2.05) is 6.92 Å². The Balaban J connectivity index is 1.58. The monoisotopic (exact) mass is 414 g/mol. The Morgan fingerprint density at radius 3 is 3.15 bits per heavy atom. The molecule has 0 aromatic carbocycles. The van der Waals surface area contributed by atoms with Crippen molar-refractivity contribution in [2.45, 2.75) is 43.4 Å². The fraction of sp³-hybridized carbons (Fsp3) is 0.368. The Kier molecular flexibility index (Phi) is 5.17. The van der Waals surface area contributed by atoms with Gasteiger partial charge >= 0.3 is 0 Å². The zero-order valence-corrected chi connectivity index (χ0v) is 17.4. The average molecular weight is 415 g/mol. The Morgan fingerprint density at radius 1 is 1.48 bits per heavy atom. The first kappa shape index (κ1) is 18.4. The lowest BCUT2D eigenvalue weighted by atomic mass is 9.89. The second kappa shape index (κ2) is 7.58. The number of thiophene rings is 2. The van der Waals surface area contributed by atoms with Gasteiger partial charge in [-0.05, 0) is 49.1 Å². The molecule has 8 heteroatoms. The third-order valence-corrected chi connectivity index (χ3v) is 7.83. The molecule has 0 radical (unpaired) electrons. The number of thioether (sulfide) groups is 1. The van der Waals surface area contributed by atoms with Crippen LogP contribution >= 0.6 is 34.4 Å². The molecule has 2 atom stereocenters. The minimum absolute atomic E-state index is 0.122. The van der Waals surface area contributed by atoms with E-state index in [9.17, 15) is 4.79 Å². The lowest BCUT2D eigenvalue weighted by Crippen LogP contribution is -2.22. The van der Waals surface area contributed by atoms with Crippen LogP contribution in [0.5, 0.6) is 0 Å². The fourth-order valence-corrected chi connectivity index (χ4v) is 6.37. The summed E-state index contributed by atoms with van der Waals surface area (Å²) in [4.78, 5) is 24.0. The molecule has 3 aromatic rings. The molecule has 0 saturated carbocycles. The lowest BCUT2D eigenvalue weighted by Gasteiger charge is -2.18. The van der Waals surface area contributed by atoms with Crippen molar-refractivity contribution in [1.29, 1.82) is 5.26 Å². The topological polar surface area (TPSA) is 78.7 Å². The largest absolute Gasteiger partial charge is 0.316 e.